The number of hydrogen-bond donors (Lipinski definition) is 2. The molecule has 0 saturated heterocycles. The maximum Gasteiger partial charge on any atom is 0.358 e. The average molecular weight is 195 g/mol. The molecule has 0 bridgehead atoms. The molecule has 2 heterocycles. The number of hydrogen-bond acceptors (Lipinski definition) is 4. The smallest absolute Gasteiger partial charge is 0.358 e. The molecule has 0 saturated carbocycles. The summed E-state index contributed by atoms with van der Waals surface area (Å²) in [5, 5.41) is 18.4. The summed E-state index contributed by atoms with van der Waals surface area (Å²) in [6.07, 6.45) is 1.19. The van der Waals surface area contributed by atoms with Crippen molar-refractivity contribution in [1.82, 2.24) is 4.98 Å². The summed E-state index contributed by atoms with van der Waals surface area (Å²) in [5.74, 6) is -0.949. The fourth-order valence-electron chi connectivity index (χ4n) is 1.46. The van der Waals surface area contributed by atoms with E-state index < -0.39 is 12.1 Å². The Morgan fingerprint density at radius 1 is 1.64 bits per heavy atom. The van der Waals surface area contributed by atoms with Crippen LogP contribution in [0.2, 0.25) is 0 Å². The number of pyridine rings is 1. The third-order valence-electron chi connectivity index (χ3n) is 2.13. The molecule has 1 unspecified atom stereocenters. The molecule has 0 spiro atoms. The van der Waals surface area contributed by atoms with E-state index in [0.29, 0.717) is 18.6 Å². The van der Waals surface area contributed by atoms with E-state index >= 15 is 0 Å². The number of carbonyl (C=O) groups is 1. The first-order valence-corrected chi connectivity index (χ1v) is 4.23. The van der Waals surface area contributed by atoms with Crippen LogP contribution in [0.3, 0.4) is 0 Å². The lowest BCUT2D eigenvalue weighted by atomic mass is 10.0. The molecule has 0 amide bonds. The SMILES string of the molecule is O=C(O)c1nccc2c1OCCC2O. The summed E-state index contributed by atoms with van der Waals surface area (Å²) in [4.78, 5) is 14.4. The second-order valence-electron chi connectivity index (χ2n) is 3.04. The third-order valence-corrected chi connectivity index (χ3v) is 2.13. The van der Waals surface area contributed by atoms with Crippen LogP contribution in [0, 0.1) is 0 Å². The highest BCUT2D eigenvalue weighted by molar-refractivity contribution is 5.89. The van der Waals surface area contributed by atoms with Crippen LogP contribution < -0.4 is 4.74 Å². The topological polar surface area (TPSA) is 79.7 Å². The van der Waals surface area contributed by atoms with Gasteiger partial charge in [-0.15, -0.1) is 0 Å². The van der Waals surface area contributed by atoms with Crippen molar-refractivity contribution in [2.45, 2.75) is 12.5 Å². The van der Waals surface area contributed by atoms with Crippen LogP contribution in [-0.4, -0.2) is 27.8 Å². The Morgan fingerprint density at radius 2 is 2.43 bits per heavy atom. The predicted molar refractivity (Wildman–Crippen MR) is 46.3 cm³/mol. The minimum Gasteiger partial charge on any atom is -0.491 e. The molecule has 0 fully saturated rings. The van der Waals surface area contributed by atoms with Gasteiger partial charge in [0.1, 0.15) is 0 Å². The molecule has 0 radical (unpaired) electrons. The van der Waals surface area contributed by atoms with Crippen LogP contribution in [0.1, 0.15) is 28.6 Å². The Labute approximate surface area is 80.0 Å². The lowest BCUT2D eigenvalue weighted by Gasteiger charge is -2.22. The average Bonchev–Trinajstić information content (AvgIpc) is 2.17. The van der Waals surface area contributed by atoms with Gasteiger partial charge in [-0.05, 0) is 6.07 Å². The highest BCUT2D eigenvalue weighted by Gasteiger charge is 2.25. The summed E-state index contributed by atoms with van der Waals surface area (Å²) < 4.78 is 5.18. The predicted octanol–water partition coefficient (Wildman–Crippen LogP) is 0.596. The minimum absolute atomic E-state index is 0.138. The standard InChI is InChI=1S/C9H9NO4/c11-6-2-4-14-8-5(6)1-3-10-7(8)9(12)13/h1,3,6,11H,2,4H2,(H,12,13). The second kappa shape index (κ2) is 3.26. The molecule has 1 aromatic heterocycles. The first-order valence-electron chi connectivity index (χ1n) is 4.23. The van der Waals surface area contributed by atoms with Gasteiger partial charge < -0.3 is 14.9 Å². The minimum atomic E-state index is -1.14. The first-order chi connectivity index (χ1) is 6.70. The molecule has 2 N–H and O–H groups in total. The molecule has 1 aliphatic rings. The summed E-state index contributed by atoms with van der Waals surface area (Å²) in [6.45, 7) is 0.320. The van der Waals surface area contributed by atoms with Crippen molar-refractivity contribution in [3.8, 4) is 5.75 Å². The zero-order chi connectivity index (χ0) is 10.1. The number of fused-ring (bicyclic) bond motifs is 1. The van der Waals surface area contributed by atoms with Crippen LogP contribution in [0.15, 0.2) is 12.3 Å². The Hall–Kier alpha value is -1.62. The van der Waals surface area contributed by atoms with E-state index in [1.165, 1.54) is 6.20 Å². The molecule has 14 heavy (non-hydrogen) atoms. The molecule has 74 valence electrons. The van der Waals surface area contributed by atoms with Crippen molar-refractivity contribution in [1.29, 1.82) is 0 Å². The van der Waals surface area contributed by atoms with Crippen LogP contribution in [0.5, 0.6) is 5.75 Å². The molecular formula is C9H9NO4. The zero-order valence-electron chi connectivity index (χ0n) is 7.30. The zero-order valence-corrected chi connectivity index (χ0v) is 7.30. The van der Waals surface area contributed by atoms with Crippen LogP contribution in [-0.2, 0) is 0 Å². The third kappa shape index (κ3) is 1.31. The van der Waals surface area contributed by atoms with Crippen molar-refractivity contribution in [3.05, 3.63) is 23.5 Å². The number of carboxylic acid groups (broad SMARTS) is 1. The van der Waals surface area contributed by atoms with E-state index in [4.69, 9.17) is 9.84 Å². The van der Waals surface area contributed by atoms with E-state index in [1.54, 1.807) is 6.07 Å². The van der Waals surface area contributed by atoms with Crippen molar-refractivity contribution >= 4 is 5.97 Å². The highest BCUT2D eigenvalue weighted by atomic mass is 16.5. The molecule has 1 aromatic rings. The molecule has 5 nitrogen and oxygen atoms in total. The molecule has 0 aromatic carbocycles. The summed E-state index contributed by atoms with van der Waals surface area (Å²) in [7, 11) is 0. The van der Waals surface area contributed by atoms with Gasteiger partial charge >= 0.3 is 5.97 Å². The van der Waals surface area contributed by atoms with Gasteiger partial charge in [0.15, 0.2) is 11.4 Å². The van der Waals surface area contributed by atoms with Crippen molar-refractivity contribution in [3.63, 3.8) is 0 Å². The monoisotopic (exact) mass is 195 g/mol. The van der Waals surface area contributed by atoms with E-state index in [1.807, 2.05) is 0 Å². The van der Waals surface area contributed by atoms with E-state index in [0.717, 1.165) is 0 Å². The van der Waals surface area contributed by atoms with Gasteiger partial charge in [-0.25, -0.2) is 9.78 Å². The largest absolute Gasteiger partial charge is 0.491 e. The Morgan fingerprint density at radius 3 is 3.14 bits per heavy atom. The highest BCUT2D eigenvalue weighted by Crippen LogP contribution is 2.33. The van der Waals surface area contributed by atoms with E-state index in [9.17, 15) is 9.90 Å². The lowest BCUT2D eigenvalue weighted by Crippen LogP contribution is -2.17. The fraction of sp³-hybridized carbons (Fsp3) is 0.333. The normalized spacial score (nSPS) is 19.6. The first kappa shape index (κ1) is 8.96. The number of aromatic nitrogens is 1. The quantitative estimate of drug-likeness (QED) is 0.685. The summed E-state index contributed by atoms with van der Waals surface area (Å²) in [6, 6.07) is 1.58. The molecule has 1 aliphatic heterocycles. The maximum atomic E-state index is 10.8. The Bertz CT molecular complexity index is 377. The van der Waals surface area contributed by atoms with Gasteiger partial charge in [0, 0.05) is 18.2 Å². The fourth-order valence-corrected chi connectivity index (χ4v) is 1.46. The van der Waals surface area contributed by atoms with Gasteiger partial charge in [-0.3, -0.25) is 0 Å². The van der Waals surface area contributed by atoms with Crippen molar-refractivity contribution in [2.24, 2.45) is 0 Å². The number of rotatable bonds is 1. The van der Waals surface area contributed by atoms with Gasteiger partial charge in [0.05, 0.1) is 12.7 Å². The van der Waals surface area contributed by atoms with Crippen LogP contribution >= 0.6 is 0 Å². The van der Waals surface area contributed by atoms with E-state index in [-0.39, 0.29) is 11.4 Å². The number of carboxylic acids is 1. The molecular weight excluding hydrogens is 186 g/mol. The van der Waals surface area contributed by atoms with Crippen LogP contribution in [0.4, 0.5) is 0 Å². The van der Waals surface area contributed by atoms with Gasteiger partial charge in [-0.1, -0.05) is 0 Å². The Kier molecular flexibility index (Phi) is 2.09. The van der Waals surface area contributed by atoms with Crippen molar-refractivity contribution in [2.75, 3.05) is 6.61 Å². The van der Waals surface area contributed by atoms with Crippen LogP contribution in [0.25, 0.3) is 0 Å². The molecule has 5 heteroatoms. The van der Waals surface area contributed by atoms with Crippen molar-refractivity contribution < 1.29 is 19.7 Å². The second-order valence-corrected chi connectivity index (χ2v) is 3.04. The van der Waals surface area contributed by atoms with Gasteiger partial charge in [0.2, 0.25) is 0 Å². The van der Waals surface area contributed by atoms with E-state index in [2.05, 4.69) is 4.98 Å². The number of aromatic carboxylic acids is 1. The lowest BCUT2D eigenvalue weighted by molar-refractivity contribution is 0.0676. The van der Waals surface area contributed by atoms with Gasteiger partial charge in [0.25, 0.3) is 0 Å². The number of aliphatic hydroxyl groups excluding tert-OH is 1. The molecule has 0 aliphatic carbocycles. The number of aliphatic hydroxyl groups is 1. The van der Waals surface area contributed by atoms with Gasteiger partial charge in [-0.2, -0.15) is 0 Å². The Balaban J connectivity index is 2.55. The summed E-state index contributed by atoms with van der Waals surface area (Å²) >= 11 is 0. The summed E-state index contributed by atoms with van der Waals surface area (Å²) in [5.41, 5.74) is 0.366. The number of ether oxygens (including phenoxy) is 1. The maximum absolute atomic E-state index is 10.8. The molecule has 2 rings (SSSR count). The molecule has 1 atom stereocenters. The number of nitrogens with zero attached hydrogens (tertiary/aromatic N) is 1.